The Morgan fingerprint density at radius 3 is 1.89 bits per heavy atom. The molecule has 0 saturated heterocycles. The minimum Gasteiger partial charge on any atom is -0.444 e. The molecule has 1 rings (SSSR count). The highest BCUT2D eigenvalue weighted by molar-refractivity contribution is 5.81. The van der Waals surface area contributed by atoms with Gasteiger partial charge in [-0.2, -0.15) is 0 Å². The Morgan fingerprint density at radius 2 is 1.41 bits per heavy atom. The highest BCUT2D eigenvalue weighted by Gasteiger charge is 2.24. The summed E-state index contributed by atoms with van der Waals surface area (Å²) in [5.74, 6) is 0.947. The predicted molar refractivity (Wildman–Crippen MR) is 101 cm³/mol. The first-order chi connectivity index (χ1) is 12.3. The second kappa shape index (κ2) is 9.05. The van der Waals surface area contributed by atoms with Crippen LogP contribution in [0.5, 0.6) is 0 Å². The van der Waals surface area contributed by atoms with Gasteiger partial charge in [0.2, 0.25) is 5.91 Å². The fourth-order valence-electron chi connectivity index (χ4n) is 2.20. The standard InChI is InChI=1S/C18H32N6O3/c1-17(2,3)15(25)23(7)11-9-10-13-19-21-14(22-20-13)12-24(8)16(26)27-18(4,5)6/h9-12H2,1-8H3. The van der Waals surface area contributed by atoms with Crippen LogP contribution in [0.15, 0.2) is 0 Å². The normalized spacial score (nSPS) is 11.9. The molecule has 9 nitrogen and oxygen atoms in total. The van der Waals surface area contributed by atoms with Crippen LogP contribution in [-0.4, -0.2) is 68.4 Å². The third-order valence-corrected chi connectivity index (χ3v) is 3.53. The molecule has 2 amide bonds. The van der Waals surface area contributed by atoms with Gasteiger partial charge >= 0.3 is 6.09 Å². The number of hydrogen-bond acceptors (Lipinski definition) is 7. The average Bonchev–Trinajstić information content (AvgIpc) is 2.53. The number of amides is 2. The lowest BCUT2D eigenvalue weighted by Crippen LogP contribution is -2.37. The van der Waals surface area contributed by atoms with Crippen molar-refractivity contribution in [2.75, 3.05) is 20.6 Å². The third kappa shape index (κ3) is 8.27. The number of aromatic nitrogens is 4. The first-order valence-corrected chi connectivity index (χ1v) is 9.04. The Bertz CT molecular complexity index is 634. The Labute approximate surface area is 161 Å². The van der Waals surface area contributed by atoms with E-state index in [1.165, 1.54) is 4.90 Å². The molecule has 0 atom stereocenters. The maximum absolute atomic E-state index is 12.1. The van der Waals surface area contributed by atoms with E-state index in [-0.39, 0.29) is 12.5 Å². The number of carbonyl (C=O) groups excluding carboxylic acids is 2. The molecule has 0 spiro atoms. The maximum atomic E-state index is 12.1. The SMILES string of the molecule is CN(Cc1nnc(CCCN(C)C(=O)C(C)(C)C)nn1)C(=O)OC(C)(C)C. The van der Waals surface area contributed by atoms with E-state index < -0.39 is 17.1 Å². The van der Waals surface area contributed by atoms with Gasteiger partial charge in [0.05, 0.1) is 6.54 Å². The summed E-state index contributed by atoms with van der Waals surface area (Å²) in [5.41, 5.74) is -0.954. The molecule has 152 valence electrons. The van der Waals surface area contributed by atoms with Crippen LogP contribution in [0.25, 0.3) is 0 Å². The average molecular weight is 380 g/mol. The quantitative estimate of drug-likeness (QED) is 0.744. The Kier molecular flexibility index (Phi) is 7.62. The summed E-state index contributed by atoms with van der Waals surface area (Å²) in [5, 5.41) is 16.1. The van der Waals surface area contributed by atoms with E-state index in [0.29, 0.717) is 24.6 Å². The molecule has 1 heterocycles. The van der Waals surface area contributed by atoms with Crippen LogP contribution in [-0.2, 0) is 22.5 Å². The van der Waals surface area contributed by atoms with Gasteiger partial charge in [0.25, 0.3) is 0 Å². The van der Waals surface area contributed by atoms with Gasteiger partial charge in [-0.3, -0.25) is 4.79 Å². The molecule has 0 radical (unpaired) electrons. The zero-order chi connectivity index (χ0) is 20.8. The van der Waals surface area contributed by atoms with Crippen LogP contribution < -0.4 is 0 Å². The zero-order valence-electron chi connectivity index (χ0n) is 17.7. The number of aryl methyl sites for hydroxylation is 1. The number of carbonyl (C=O) groups is 2. The summed E-state index contributed by atoms with van der Waals surface area (Å²) in [6, 6.07) is 0. The summed E-state index contributed by atoms with van der Waals surface area (Å²) >= 11 is 0. The van der Waals surface area contributed by atoms with Gasteiger partial charge in [0.1, 0.15) is 5.60 Å². The highest BCUT2D eigenvalue weighted by Crippen LogP contribution is 2.16. The fraction of sp³-hybridized carbons (Fsp3) is 0.778. The minimum absolute atomic E-state index is 0.0974. The number of rotatable bonds is 6. The van der Waals surface area contributed by atoms with Crippen molar-refractivity contribution >= 4 is 12.0 Å². The lowest BCUT2D eigenvalue weighted by molar-refractivity contribution is -0.138. The van der Waals surface area contributed by atoms with Gasteiger partial charge < -0.3 is 14.5 Å². The molecule has 0 fully saturated rings. The first kappa shape index (κ1) is 22.7. The third-order valence-electron chi connectivity index (χ3n) is 3.53. The van der Waals surface area contributed by atoms with Crippen LogP contribution in [0, 0.1) is 5.41 Å². The molecule has 0 aliphatic carbocycles. The summed E-state index contributed by atoms with van der Waals surface area (Å²) in [7, 11) is 3.40. The number of ether oxygens (including phenoxy) is 1. The van der Waals surface area contributed by atoms with Crippen molar-refractivity contribution in [3.63, 3.8) is 0 Å². The van der Waals surface area contributed by atoms with Crippen LogP contribution in [0.1, 0.15) is 59.6 Å². The van der Waals surface area contributed by atoms with Gasteiger partial charge in [0, 0.05) is 32.5 Å². The molecule has 0 saturated carbocycles. The van der Waals surface area contributed by atoms with Gasteiger partial charge in [-0.1, -0.05) is 20.8 Å². The lowest BCUT2D eigenvalue weighted by Gasteiger charge is -2.25. The summed E-state index contributed by atoms with van der Waals surface area (Å²) < 4.78 is 5.27. The number of nitrogens with zero attached hydrogens (tertiary/aromatic N) is 6. The molecular formula is C18H32N6O3. The van der Waals surface area contributed by atoms with Crippen LogP contribution >= 0.6 is 0 Å². The van der Waals surface area contributed by atoms with E-state index in [2.05, 4.69) is 20.4 Å². The predicted octanol–water partition coefficient (Wildman–Crippen LogP) is 2.07. The number of hydrogen-bond donors (Lipinski definition) is 0. The summed E-state index contributed by atoms with van der Waals surface area (Å²) in [4.78, 5) is 27.1. The van der Waals surface area contributed by atoms with E-state index in [1.54, 1.807) is 39.8 Å². The monoisotopic (exact) mass is 380 g/mol. The Hall–Kier alpha value is -2.32. The molecule has 0 bridgehead atoms. The van der Waals surface area contributed by atoms with Crippen molar-refractivity contribution in [1.29, 1.82) is 0 Å². The molecule has 0 aliphatic rings. The van der Waals surface area contributed by atoms with Gasteiger partial charge in [-0.25, -0.2) is 4.79 Å². The van der Waals surface area contributed by atoms with Gasteiger partial charge in [-0.15, -0.1) is 20.4 Å². The minimum atomic E-state index is -0.561. The Balaban J connectivity index is 2.48. The lowest BCUT2D eigenvalue weighted by atomic mass is 9.95. The van der Waals surface area contributed by atoms with Crippen molar-refractivity contribution in [2.24, 2.45) is 5.41 Å². The molecule has 0 aromatic carbocycles. The zero-order valence-corrected chi connectivity index (χ0v) is 17.7. The van der Waals surface area contributed by atoms with Crippen molar-refractivity contribution < 1.29 is 14.3 Å². The molecule has 1 aromatic rings. The van der Waals surface area contributed by atoms with Gasteiger partial charge in [0.15, 0.2) is 11.6 Å². The molecule has 0 unspecified atom stereocenters. The second-order valence-electron chi connectivity index (χ2n) is 8.65. The van der Waals surface area contributed by atoms with Crippen LogP contribution in [0.2, 0.25) is 0 Å². The first-order valence-electron chi connectivity index (χ1n) is 9.04. The largest absolute Gasteiger partial charge is 0.444 e. The molecule has 27 heavy (non-hydrogen) atoms. The van der Waals surface area contributed by atoms with Crippen molar-refractivity contribution in [2.45, 2.75) is 66.5 Å². The van der Waals surface area contributed by atoms with E-state index in [4.69, 9.17) is 4.74 Å². The maximum Gasteiger partial charge on any atom is 0.410 e. The van der Waals surface area contributed by atoms with Crippen molar-refractivity contribution in [3.8, 4) is 0 Å². The molecule has 9 heteroatoms. The van der Waals surface area contributed by atoms with E-state index >= 15 is 0 Å². The smallest absolute Gasteiger partial charge is 0.410 e. The van der Waals surface area contributed by atoms with E-state index in [1.807, 2.05) is 20.8 Å². The summed E-state index contributed by atoms with van der Waals surface area (Å²) in [6.45, 7) is 11.9. The fourth-order valence-corrected chi connectivity index (χ4v) is 2.20. The highest BCUT2D eigenvalue weighted by atomic mass is 16.6. The Morgan fingerprint density at radius 1 is 0.889 bits per heavy atom. The van der Waals surface area contributed by atoms with E-state index in [0.717, 1.165) is 6.42 Å². The van der Waals surface area contributed by atoms with Crippen LogP contribution in [0.4, 0.5) is 4.79 Å². The van der Waals surface area contributed by atoms with Gasteiger partial charge in [-0.05, 0) is 27.2 Å². The molecule has 0 N–H and O–H groups in total. The van der Waals surface area contributed by atoms with Crippen molar-refractivity contribution in [3.05, 3.63) is 11.6 Å². The van der Waals surface area contributed by atoms with Crippen LogP contribution in [0.3, 0.4) is 0 Å². The van der Waals surface area contributed by atoms with Crippen molar-refractivity contribution in [1.82, 2.24) is 30.2 Å². The molecular weight excluding hydrogens is 348 g/mol. The topological polar surface area (TPSA) is 101 Å². The second-order valence-corrected chi connectivity index (χ2v) is 8.65. The molecule has 0 aliphatic heterocycles. The summed E-state index contributed by atoms with van der Waals surface area (Å²) in [6.07, 6.45) is 0.838. The van der Waals surface area contributed by atoms with E-state index in [9.17, 15) is 9.59 Å². The molecule has 1 aromatic heterocycles.